The lowest BCUT2D eigenvalue weighted by atomic mass is 10.4. The van der Waals surface area contributed by atoms with Crippen LogP contribution in [0.1, 0.15) is 6.92 Å². The number of ether oxygens (including phenoxy) is 1. The third kappa shape index (κ3) is 3.46. The first-order valence-electron chi connectivity index (χ1n) is 5.67. The van der Waals surface area contributed by atoms with Crippen molar-refractivity contribution in [3.05, 3.63) is 17.6 Å². The first kappa shape index (κ1) is 15.5. The second-order valence-corrected chi connectivity index (χ2v) is 9.85. The largest absolute Gasteiger partial charge is 0.450 e. The minimum absolute atomic E-state index is 0.0470. The van der Waals surface area contributed by atoms with Gasteiger partial charge in [-0.3, -0.25) is 5.32 Å². The van der Waals surface area contributed by atoms with Gasteiger partial charge in [0.15, 0.2) is 11.6 Å². The molecule has 0 aliphatic carbocycles. The van der Waals surface area contributed by atoms with Crippen molar-refractivity contribution in [1.29, 1.82) is 0 Å². The zero-order valence-corrected chi connectivity index (χ0v) is 12.1. The first-order chi connectivity index (χ1) is 8.68. The van der Waals surface area contributed by atoms with Gasteiger partial charge in [0.25, 0.3) is 0 Å². The standard InChI is InChI=1S/C11H15F3N2O2Si/c1-5-18-11(17)16-10-7(13)6(12)8(9(14)15-10)19(2,3)4/h5H2,1-4H3,(H,15,16,17). The summed E-state index contributed by atoms with van der Waals surface area (Å²) in [6.07, 6.45) is -1.02. The molecule has 0 unspecified atom stereocenters. The number of anilines is 1. The maximum Gasteiger partial charge on any atom is 0.412 e. The Morgan fingerprint density at radius 2 is 1.84 bits per heavy atom. The van der Waals surface area contributed by atoms with Crippen molar-refractivity contribution < 1.29 is 22.7 Å². The highest BCUT2D eigenvalue weighted by atomic mass is 28.3. The second-order valence-electron chi connectivity index (χ2n) is 4.85. The van der Waals surface area contributed by atoms with Crippen LogP contribution in [0.4, 0.5) is 23.8 Å². The number of halogens is 3. The van der Waals surface area contributed by atoms with E-state index in [2.05, 4.69) is 9.72 Å². The van der Waals surface area contributed by atoms with E-state index >= 15 is 0 Å². The van der Waals surface area contributed by atoms with Crippen molar-refractivity contribution >= 4 is 25.2 Å². The van der Waals surface area contributed by atoms with Crippen LogP contribution in [0.5, 0.6) is 0 Å². The quantitative estimate of drug-likeness (QED) is 0.688. The predicted molar refractivity (Wildman–Crippen MR) is 67.7 cm³/mol. The highest BCUT2D eigenvalue weighted by Crippen LogP contribution is 2.18. The molecule has 4 nitrogen and oxygen atoms in total. The summed E-state index contributed by atoms with van der Waals surface area (Å²) in [5, 5.41) is 1.53. The number of carbonyl (C=O) groups is 1. The van der Waals surface area contributed by atoms with Crippen LogP contribution in [0, 0.1) is 17.6 Å². The van der Waals surface area contributed by atoms with Gasteiger partial charge >= 0.3 is 6.09 Å². The number of rotatable bonds is 3. The van der Waals surface area contributed by atoms with Crippen molar-refractivity contribution in [1.82, 2.24) is 4.98 Å². The summed E-state index contributed by atoms with van der Waals surface area (Å²) in [7, 11) is -2.43. The number of carbonyl (C=O) groups excluding carboxylic acids is 1. The molecule has 19 heavy (non-hydrogen) atoms. The number of nitrogens with one attached hydrogen (secondary N) is 1. The van der Waals surface area contributed by atoms with Gasteiger partial charge in [-0.1, -0.05) is 19.6 Å². The SMILES string of the molecule is CCOC(=O)Nc1nc(F)c([Si](C)(C)C)c(F)c1F. The van der Waals surface area contributed by atoms with Gasteiger partial charge in [0.2, 0.25) is 11.8 Å². The molecule has 0 bridgehead atoms. The molecule has 0 atom stereocenters. The molecule has 8 heteroatoms. The van der Waals surface area contributed by atoms with Gasteiger partial charge in [0.05, 0.1) is 14.7 Å². The van der Waals surface area contributed by atoms with Gasteiger partial charge in [-0.2, -0.15) is 13.8 Å². The van der Waals surface area contributed by atoms with E-state index in [0.717, 1.165) is 0 Å². The Hall–Kier alpha value is -1.57. The number of hydrogen-bond donors (Lipinski definition) is 1. The molecule has 1 aromatic rings. The molecule has 0 saturated heterocycles. The minimum Gasteiger partial charge on any atom is -0.450 e. The Morgan fingerprint density at radius 3 is 2.32 bits per heavy atom. The van der Waals surface area contributed by atoms with Crippen molar-refractivity contribution in [2.24, 2.45) is 0 Å². The number of aromatic nitrogens is 1. The van der Waals surface area contributed by atoms with E-state index in [1.807, 2.05) is 5.32 Å². The molecule has 0 fully saturated rings. The van der Waals surface area contributed by atoms with E-state index in [1.165, 1.54) is 0 Å². The van der Waals surface area contributed by atoms with Crippen molar-refractivity contribution in [3.63, 3.8) is 0 Å². The molecule has 0 aliphatic heterocycles. The number of pyridine rings is 1. The topological polar surface area (TPSA) is 51.2 Å². The molecule has 0 aliphatic rings. The fourth-order valence-electron chi connectivity index (χ4n) is 1.49. The van der Waals surface area contributed by atoms with Crippen LogP contribution in [0.15, 0.2) is 0 Å². The fourth-order valence-corrected chi connectivity index (χ4v) is 2.94. The Morgan fingerprint density at radius 1 is 1.26 bits per heavy atom. The fraction of sp³-hybridized carbons (Fsp3) is 0.455. The van der Waals surface area contributed by atoms with E-state index in [-0.39, 0.29) is 11.8 Å². The van der Waals surface area contributed by atoms with Crippen molar-refractivity contribution in [2.45, 2.75) is 26.6 Å². The summed E-state index contributed by atoms with van der Waals surface area (Å²) in [5.74, 6) is -4.61. The Balaban J connectivity index is 3.22. The van der Waals surface area contributed by atoms with Crippen molar-refractivity contribution in [3.8, 4) is 0 Å². The van der Waals surface area contributed by atoms with Gasteiger partial charge in [-0.05, 0) is 6.92 Å². The lowest BCUT2D eigenvalue weighted by Crippen LogP contribution is -2.44. The summed E-state index contributed by atoms with van der Waals surface area (Å²) in [5.41, 5.74) is 0. The summed E-state index contributed by atoms with van der Waals surface area (Å²) >= 11 is 0. The summed E-state index contributed by atoms with van der Waals surface area (Å²) in [6, 6.07) is 0. The zero-order chi connectivity index (χ0) is 14.8. The maximum atomic E-state index is 13.8. The van der Waals surface area contributed by atoms with Crippen LogP contribution in [0.2, 0.25) is 19.6 Å². The van der Waals surface area contributed by atoms with Gasteiger partial charge < -0.3 is 4.74 Å². The molecular weight excluding hydrogens is 277 g/mol. The van der Waals surface area contributed by atoms with Crippen LogP contribution < -0.4 is 10.5 Å². The van der Waals surface area contributed by atoms with Crippen LogP contribution in [0.25, 0.3) is 0 Å². The van der Waals surface area contributed by atoms with Crippen LogP contribution >= 0.6 is 0 Å². The van der Waals surface area contributed by atoms with Gasteiger partial charge in [-0.25, -0.2) is 9.18 Å². The summed E-state index contributed by atoms with van der Waals surface area (Å²) < 4.78 is 45.8. The molecule has 0 aromatic carbocycles. The van der Waals surface area contributed by atoms with E-state index in [1.54, 1.807) is 26.6 Å². The minimum atomic E-state index is -2.43. The normalized spacial score (nSPS) is 11.3. The molecule has 0 radical (unpaired) electrons. The monoisotopic (exact) mass is 292 g/mol. The van der Waals surface area contributed by atoms with Crippen LogP contribution in [-0.2, 0) is 4.74 Å². The smallest absolute Gasteiger partial charge is 0.412 e. The first-order valence-corrected chi connectivity index (χ1v) is 9.17. The third-order valence-corrected chi connectivity index (χ3v) is 4.21. The predicted octanol–water partition coefficient (Wildman–Crippen LogP) is 2.61. The summed E-state index contributed by atoms with van der Waals surface area (Å²) in [4.78, 5) is 14.4. The average molecular weight is 292 g/mol. The Kier molecular flexibility index (Phi) is 4.56. The molecule has 1 amide bonds. The Bertz CT molecular complexity index is 504. The molecule has 1 aromatic heterocycles. The maximum absolute atomic E-state index is 13.8. The molecule has 0 spiro atoms. The Labute approximate surface area is 110 Å². The molecule has 1 heterocycles. The molecular formula is C11H15F3N2O2Si. The highest BCUT2D eigenvalue weighted by molar-refractivity contribution is 6.88. The third-order valence-electron chi connectivity index (χ3n) is 2.28. The number of nitrogens with zero attached hydrogens (tertiary/aromatic N) is 1. The highest BCUT2D eigenvalue weighted by Gasteiger charge is 2.30. The van der Waals surface area contributed by atoms with E-state index in [0.29, 0.717) is 0 Å². The van der Waals surface area contributed by atoms with Gasteiger partial charge in [0.1, 0.15) is 0 Å². The average Bonchev–Trinajstić information content (AvgIpc) is 2.23. The number of hydrogen-bond acceptors (Lipinski definition) is 3. The van der Waals surface area contributed by atoms with E-state index in [4.69, 9.17) is 0 Å². The lowest BCUT2D eigenvalue weighted by Gasteiger charge is -2.19. The van der Waals surface area contributed by atoms with Gasteiger partial charge in [0, 0.05) is 5.19 Å². The lowest BCUT2D eigenvalue weighted by molar-refractivity contribution is 0.167. The summed E-state index contributed by atoms with van der Waals surface area (Å²) in [6.45, 7) is 6.57. The van der Waals surface area contributed by atoms with Gasteiger partial charge in [-0.15, -0.1) is 0 Å². The molecule has 0 saturated carbocycles. The molecule has 106 valence electrons. The number of amides is 1. The zero-order valence-electron chi connectivity index (χ0n) is 11.1. The second kappa shape index (κ2) is 5.60. The molecule has 1 rings (SSSR count). The van der Waals surface area contributed by atoms with Crippen molar-refractivity contribution in [2.75, 3.05) is 11.9 Å². The molecule has 1 N–H and O–H groups in total. The van der Waals surface area contributed by atoms with E-state index in [9.17, 15) is 18.0 Å². The van der Waals surface area contributed by atoms with E-state index < -0.39 is 37.6 Å². The van der Waals surface area contributed by atoms with Crippen LogP contribution in [0.3, 0.4) is 0 Å². The van der Waals surface area contributed by atoms with Crippen LogP contribution in [-0.4, -0.2) is 25.8 Å².